The van der Waals surface area contributed by atoms with E-state index in [1.54, 1.807) is 0 Å². The van der Waals surface area contributed by atoms with Gasteiger partial charge in [-0.25, -0.2) is 0 Å². The Balaban J connectivity index is 2.19. The van der Waals surface area contributed by atoms with Gasteiger partial charge in [0.15, 0.2) is 17.8 Å². The normalized spacial score (nSPS) is 11.0. The molecule has 0 atom stereocenters. The summed E-state index contributed by atoms with van der Waals surface area (Å²) in [5.41, 5.74) is 3.09. The lowest BCUT2D eigenvalue weighted by atomic mass is 10.1. The second kappa shape index (κ2) is 4.52. The Bertz CT molecular complexity index is 958. The van der Waals surface area contributed by atoms with Crippen molar-refractivity contribution in [1.29, 1.82) is 0 Å². The highest BCUT2D eigenvalue weighted by atomic mass is 16.1. The van der Waals surface area contributed by atoms with E-state index in [9.17, 15) is 4.79 Å². The third-order valence-corrected chi connectivity index (χ3v) is 3.57. The molecule has 4 nitrogen and oxygen atoms in total. The number of carbonyl (C=O) groups is 1. The van der Waals surface area contributed by atoms with Crippen LogP contribution in [0.3, 0.4) is 0 Å². The van der Waals surface area contributed by atoms with Gasteiger partial charge in [0, 0.05) is 5.56 Å². The molecule has 21 heavy (non-hydrogen) atoms. The first-order valence-electron chi connectivity index (χ1n) is 6.66. The lowest BCUT2D eigenvalue weighted by Crippen LogP contribution is -1.96. The predicted molar refractivity (Wildman–Crippen MR) is 81.3 cm³/mol. The molecule has 0 aliphatic heterocycles. The maximum atomic E-state index is 11.3. The zero-order valence-electron chi connectivity index (χ0n) is 11.1. The molecule has 0 bridgehead atoms. The smallest absolute Gasteiger partial charge is 0.172 e. The third kappa shape index (κ3) is 1.73. The second-order valence-corrected chi connectivity index (χ2v) is 4.82. The highest BCUT2D eigenvalue weighted by Gasteiger charge is 2.14. The van der Waals surface area contributed by atoms with Crippen molar-refractivity contribution >= 4 is 22.8 Å². The Hall–Kier alpha value is -3.01. The topological polar surface area (TPSA) is 47.3 Å². The molecule has 0 aliphatic carbocycles. The van der Waals surface area contributed by atoms with Crippen LogP contribution in [0.15, 0.2) is 60.7 Å². The van der Waals surface area contributed by atoms with Crippen LogP contribution in [0, 0.1) is 0 Å². The first kappa shape index (κ1) is 11.8. The van der Waals surface area contributed by atoms with Crippen LogP contribution in [0.25, 0.3) is 27.9 Å². The molecule has 0 radical (unpaired) electrons. The molecule has 0 aliphatic rings. The van der Waals surface area contributed by atoms with E-state index in [0.29, 0.717) is 11.2 Å². The van der Waals surface area contributed by atoms with Gasteiger partial charge < -0.3 is 0 Å². The average Bonchev–Trinajstić information content (AvgIpc) is 3.00. The van der Waals surface area contributed by atoms with Gasteiger partial charge in [0.2, 0.25) is 0 Å². The van der Waals surface area contributed by atoms with E-state index in [-0.39, 0.29) is 0 Å². The number of hydrogen-bond acceptors (Lipinski definition) is 3. The first-order chi connectivity index (χ1) is 10.4. The minimum Gasteiger partial charge on any atom is -0.298 e. The molecule has 0 saturated carbocycles. The summed E-state index contributed by atoms with van der Waals surface area (Å²) in [4.78, 5) is 11.3. The first-order valence-corrected chi connectivity index (χ1v) is 6.66. The molecule has 0 saturated heterocycles. The van der Waals surface area contributed by atoms with Crippen molar-refractivity contribution in [2.24, 2.45) is 0 Å². The largest absolute Gasteiger partial charge is 0.298 e. The number of hydrogen-bond donors (Lipinski definition) is 0. The van der Waals surface area contributed by atoms with Crippen LogP contribution < -0.4 is 0 Å². The minimum absolute atomic E-state index is 0.545. The minimum atomic E-state index is 0.545. The number of pyridine rings is 1. The zero-order chi connectivity index (χ0) is 14.2. The molecule has 0 unspecified atom stereocenters. The van der Waals surface area contributed by atoms with E-state index >= 15 is 0 Å². The molecule has 0 N–H and O–H groups in total. The summed E-state index contributed by atoms with van der Waals surface area (Å²) in [6.45, 7) is 0. The lowest BCUT2D eigenvalue weighted by Gasteiger charge is -2.06. The highest BCUT2D eigenvalue weighted by molar-refractivity contribution is 5.94. The van der Waals surface area contributed by atoms with Crippen LogP contribution in [0.4, 0.5) is 0 Å². The predicted octanol–water partition coefficient (Wildman–Crippen LogP) is 3.36. The van der Waals surface area contributed by atoms with Gasteiger partial charge in [0.1, 0.15) is 0 Å². The molecule has 2 aromatic heterocycles. The van der Waals surface area contributed by atoms with E-state index in [4.69, 9.17) is 0 Å². The van der Waals surface area contributed by atoms with Gasteiger partial charge in [-0.2, -0.15) is 0 Å². The maximum Gasteiger partial charge on any atom is 0.172 e. The van der Waals surface area contributed by atoms with E-state index in [1.165, 1.54) is 0 Å². The van der Waals surface area contributed by atoms with Gasteiger partial charge >= 0.3 is 0 Å². The van der Waals surface area contributed by atoms with Crippen molar-refractivity contribution in [3.8, 4) is 11.4 Å². The summed E-state index contributed by atoms with van der Waals surface area (Å²) < 4.78 is 1.94. The number of para-hydroxylation sites is 1. The molecular weight excluding hydrogens is 262 g/mol. The zero-order valence-corrected chi connectivity index (χ0v) is 11.1. The Morgan fingerprint density at radius 1 is 0.905 bits per heavy atom. The van der Waals surface area contributed by atoms with Gasteiger partial charge in [0.25, 0.3) is 0 Å². The van der Waals surface area contributed by atoms with Crippen molar-refractivity contribution in [2.75, 3.05) is 0 Å². The monoisotopic (exact) mass is 273 g/mol. The molecule has 2 heterocycles. The Kier molecular flexibility index (Phi) is 2.54. The Labute approximate surface area is 120 Å². The molecule has 100 valence electrons. The molecule has 4 aromatic rings. The summed E-state index contributed by atoms with van der Waals surface area (Å²) in [6, 6.07) is 19.6. The van der Waals surface area contributed by atoms with Gasteiger partial charge in [-0.15, -0.1) is 10.2 Å². The van der Waals surface area contributed by atoms with Crippen molar-refractivity contribution in [1.82, 2.24) is 14.6 Å². The maximum absolute atomic E-state index is 11.3. The molecule has 0 amide bonds. The number of rotatable bonds is 2. The van der Waals surface area contributed by atoms with E-state index in [1.807, 2.05) is 65.1 Å². The van der Waals surface area contributed by atoms with Gasteiger partial charge in [-0.05, 0) is 17.5 Å². The van der Waals surface area contributed by atoms with Crippen LogP contribution in [0.5, 0.6) is 0 Å². The van der Waals surface area contributed by atoms with E-state index in [0.717, 1.165) is 28.6 Å². The number of aldehydes is 1. The molecule has 4 rings (SSSR count). The highest BCUT2D eigenvalue weighted by Crippen LogP contribution is 2.25. The van der Waals surface area contributed by atoms with Crippen LogP contribution in [0.2, 0.25) is 0 Å². The van der Waals surface area contributed by atoms with E-state index in [2.05, 4.69) is 10.2 Å². The Morgan fingerprint density at radius 2 is 1.67 bits per heavy atom. The number of fused-ring (bicyclic) bond motifs is 3. The van der Waals surface area contributed by atoms with Crippen molar-refractivity contribution in [2.45, 2.75) is 0 Å². The van der Waals surface area contributed by atoms with Gasteiger partial charge in [-0.3, -0.25) is 9.20 Å². The van der Waals surface area contributed by atoms with Crippen molar-refractivity contribution in [3.63, 3.8) is 0 Å². The quantitative estimate of drug-likeness (QED) is 0.526. The lowest BCUT2D eigenvalue weighted by molar-refractivity contribution is 0.112. The summed E-state index contributed by atoms with van der Waals surface area (Å²) in [6.07, 6.45) is 0.825. The van der Waals surface area contributed by atoms with Gasteiger partial charge in [-0.1, -0.05) is 48.5 Å². The molecule has 0 fully saturated rings. The summed E-state index contributed by atoms with van der Waals surface area (Å²) in [5, 5.41) is 9.47. The Morgan fingerprint density at radius 3 is 2.48 bits per heavy atom. The fourth-order valence-corrected chi connectivity index (χ4v) is 2.61. The van der Waals surface area contributed by atoms with Crippen LogP contribution in [-0.4, -0.2) is 20.9 Å². The molecule has 4 heteroatoms. The van der Waals surface area contributed by atoms with Crippen LogP contribution in [0.1, 0.15) is 10.4 Å². The van der Waals surface area contributed by atoms with Crippen molar-refractivity contribution in [3.05, 3.63) is 66.2 Å². The summed E-state index contributed by atoms with van der Waals surface area (Å²) in [5.74, 6) is 0.741. The summed E-state index contributed by atoms with van der Waals surface area (Å²) in [7, 11) is 0. The molecule has 2 aromatic carbocycles. The standard InChI is InChI=1S/C17H11N3O/c21-11-14-10-13-8-4-5-9-15(13)20-16(18-19-17(14)20)12-6-2-1-3-7-12/h1-11H. The van der Waals surface area contributed by atoms with Gasteiger partial charge in [0.05, 0.1) is 11.1 Å². The number of benzene rings is 2. The van der Waals surface area contributed by atoms with E-state index < -0.39 is 0 Å². The average molecular weight is 273 g/mol. The third-order valence-electron chi connectivity index (χ3n) is 3.57. The number of carbonyl (C=O) groups excluding carboxylic acids is 1. The number of nitrogens with zero attached hydrogens (tertiary/aromatic N) is 3. The molecule has 0 spiro atoms. The number of aromatic nitrogens is 3. The van der Waals surface area contributed by atoms with Crippen molar-refractivity contribution < 1.29 is 4.79 Å². The fourth-order valence-electron chi connectivity index (χ4n) is 2.61. The molecular formula is C17H11N3O. The fraction of sp³-hybridized carbons (Fsp3) is 0. The van der Waals surface area contributed by atoms with Crippen LogP contribution >= 0.6 is 0 Å². The second-order valence-electron chi connectivity index (χ2n) is 4.82. The SMILES string of the molecule is O=Cc1cc2ccccc2n2c(-c3ccccc3)nnc12. The summed E-state index contributed by atoms with van der Waals surface area (Å²) >= 11 is 0. The van der Waals surface area contributed by atoms with Crippen LogP contribution in [-0.2, 0) is 0 Å².